The van der Waals surface area contributed by atoms with E-state index in [2.05, 4.69) is 30.6 Å². The highest BCUT2D eigenvalue weighted by Crippen LogP contribution is 2.30. The van der Waals surface area contributed by atoms with E-state index in [4.69, 9.17) is 4.74 Å². The lowest BCUT2D eigenvalue weighted by molar-refractivity contribution is -0.116. The summed E-state index contributed by atoms with van der Waals surface area (Å²) in [5.41, 5.74) is 9.59. The summed E-state index contributed by atoms with van der Waals surface area (Å²) < 4.78 is 5.51. The molecule has 0 bridgehead atoms. The molecule has 1 aliphatic carbocycles. The third-order valence-electron chi connectivity index (χ3n) is 5.84. The molecule has 150 valence electrons. The fourth-order valence-corrected chi connectivity index (χ4v) is 4.33. The Balaban J connectivity index is 1.53. The van der Waals surface area contributed by atoms with E-state index in [1.54, 1.807) is 12.4 Å². The Hall–Kier alpha value is -2.84. The molecule has 0 radical (unpaired) electrons. The van der Waals surface area contributed by atoms with E-state index in [-0.39, 0.29) is 5.91 Å². The summed E-state index contributed by atoms with van der Waals surface area (Å²) in [5, 5.41) is 12.0. The number of hydrogen-bond donors (Lipinski definition) is 2. The zero-order valence-electron chi connectivity index (χ0n) is 16.3. The molecule has 2 N–H and O–H groups in total. The van der Waals surface area contributed by atoms with Crippen molar-refractivity contribution in [2.75, 3.05) is 26.3 Å². The van der Waals surface area contributed by atoms with E-state index in [1.165, 1.54) is 29.7 Å². The molecule has 2 aromatic rings. The number of hydrazone groups is 1. The van der Waals surface area contributed by atoms with E-state index >= 15 is 0 Å². The second-order valence-electron chi connectivity index (χ2n) is 7.66. The second kappa shape index (κ2) is 7.88. The number of morpholine rings is 1. The van der Waals surface area contributed by atoms with E-state index in [0.29, 0.717) is 11.3 Å². The van der Waals surface area contributed by atoms with Crippen LogP contribution in [-0.2, 0) is 28.9 Å². The van der Waals surface area contributed by atoms with E-state index in [9.17, 15) is 4.79 Å². The predicted octanol–water partition coefficient (Wildman–Crippen LogP) is 1.43. The SMILES string of the molecule is O=C1NN=C(c2ccnnc2)/C1=C\c1[nH]c2c(c1CN1CCOCC1)CCCC2. The molecular formula is C21H24N6O2. The van der Waals surface area contributed by atoms with Crippen LogP contribution in [0.5, 0.6) is 0 Å². The summed E-state index contributed by atoms with van der Waals surface area (Å²) in [4.78, 5) is 18.6. The first-order chi connectivity index (χ1) is 14.3. The van der Waals surface area contributed by atoms with Crippen molar-refractivity contribution in [3.63, 3.8) is 0 Å². The number of ether oxygens (including phenoxy) is 1. The number of nitrogens with zero attached hydrogens (tertiary/aromatic N) is 4. The van der Waals surface area contributed by atoms with Gasteiger partial charge >= 0.3 is 0 Å². The third-order valence-corrected chi connectivity index (χ3v) is 5.84. The average Bonchev–Trinajstić information content (AvgIpc) is 3.30. The summed E-state index contributed by atoms with van der Waals surface area (Å²) in [5.74, 6) is -0.193. The molecule has 0 saturated carbocycles. The number of H-pyrrole nitrogens is 1. The van der Waals surface area contributed by atoms with Crippen molar-refractivity contribution >= 4 is 17.7 Å². The minimum atomic E-state index is -0.193. The highest BCUT2D eigenvalue weighted by atomic mass is 16.5. The molecule has 1 fully saturated rings. The van der Waals surface area contributed by atoms with E-state index in [0.717, 1.165) is 56.9 Å². The minimum Gasteiger partial charge on any atom is -0.379 e. The lowest BCUT2D eigenvalue weighted by Gasteiger charge is -2.27. The maximum atomic E-state index is 12.5. The van der Waals surface area contributed by atoms with E-state index < -0.39 is 0 Å². The lowest BCUT2D eigenvalue weighted by atomic mass is 9.93. The Bertz CT molecular complexity index is 973. The molecule has 2 aliphatic heterocycles. The minimum absolute atomic E-state index is 0.193. The molecule has 8 nitrogen and oxygen atoms in total. The first-order valence-electron chi connectivity index (χ1n) is 10.2. The smallest absolute Gasteiger partial charge is 0.273 e. The highest BCUT2D eigenvalue weighted by Gasteiger charge is 2.27. The van der Waals surface area contributed by atoms with Crippen LogP contribution in [0.3, 0.4) is 0 Å². The van der Waals surface area contributed by atoms with Gasteiger partial charge in [0.05, 0.1) is 31.2 Å². The third kappa shape index (κ3) is 3.61. The Labute approximate surface area is 169 Å². The first-order valence-corrected chi connectivity index (χ1v) is 10.2. The van der Waals surface area contributed by atoms with Crippen molar-refractivity contribution in [2.45, 2.75) is 32.2 Å². The van der Waals surface area contributed by atoms with Crippen LogP contribution in [0.2, 0.25) is 0 Å². The monoisotopic (exact) mass is 392 g/mol. The second-order valence-corrected chi connectivity index (χ2v) is 7.66. The first kappa shape index (κ1) is 18.2. The fraction of sp³-hybridized carbons (Fsp3) is 0.429. The number of carbonyl (C=O) groups is 1. The zero-order valence-corrected chi connectivity index (χ0v) is 16.3. The molecule has 8 heteroatoms. The van der Waals surface area contributed by atoms with Crippen molar-refractivity contribution in [3.8, 4) is 0 Å². The number of amides is 1. The highest BCUT2D eigenvalue weighted by molar-refractivity contribution is 6.33. The fourth-order valence-electron chi connectivity index (χ4n) is 4.33. The Morgan fingerprint density at radius 2 is 2.03 bits per heavy atom. The summed E-state index contributed by atoms with van der Waals surface area (Å²) in [6.45, 7) is 4.30. The Kier molecular flexibility index (Phi) is 4.95. The maximum Gasteiger partial charge on any atom is 0.273 e. The van der Waals surface area contributed by atoms with Crippen molar-refractivity contribution in [3.05, 3.63) is 52.1 Å². The number of hydrogen-bond acceptors (Lipinski definition) is 6. The van der Waals surface area contributed by atoms with Crippen LogP contribution in [0.15, 0.2) is 29.1 Å². The van der Waals surface area contributed by atoms with Gasteiger partial charge in [0.2, 0.25) is 0 Å². The van der Waals surface area contributed by atoms with Crippen LogP contribution in [-0.4, -0.2) is 58.0 Å². The molecule has 1 saturated heterocycles. The van der Waals surface area contributed by atoms with Crippen LogP contribution in [0.1, 0.15) is 40.9 Å². The number of rotatable bonds is 4. The zero-order chi connectivity index (χ0) is 19.6. The Morgan fingerprint density at radius 1 is 1.17 bits per heavy atom. The molecule has 0 spiro atoms. The van der Waals surface area contributed by atoms with Crippen molar-refractivity contribution < 1.29 is 9.53 Å². The topological polar surface area (TPSA) is 95.5 Å². The average molecular weight is 392 g/mol. The summed E-state index contributed by atoms with van der Waals surface area (Å²) in [6, 6.07) is 1.81. The van der Waals surface area contributed by atoms with Crippen LogP contribution < -0.4 is 5.43 Å². The lowest BCUT2D eigenvalue weighted by Crippen LogP contribution is -2.36. The standard InChI is InChI=1S/C21H24N6O2/c28-21-16(20(25-26-21)14-5-6-22-23-12-14)11-19-17(13-27-7-9-29-10-8-27)15-3-1-2-4-18(15)24-19/h5-6,11-12,24H,1-4,7-10,13H2,(H,26,28)/b16-11+. The number of aromatic amines is 1. The normalized spacial score (nSPS) is 21.2. The molecule has 0 unspecified atom stereocenters. The van der Waals surface area contributed by atoms with Gasteiger partial charge in [-0.05, 0) is 49.0 Å². The van der Waals surface area contributed by atoms with Gasteiger partial charge in [-0.2, -0.15) is 15.3 Å². The van der Waals surface area contributed by atoms with E-state index in [1.807, 2.05) is 12.1 Å². The molecule has 2 aromatic heterocycles. The summed E-state index contributed by atoms with van der Waals surface area (Å²) >= 11 is 0. The summed E-state index contributed by atoms with van der Waals surface area (Å²) in [6.07, 6.45) is 9.77. The van der Waals surface area contributed by atoms with Crippen molar-refractivity contribution in [1.29, 1.82) is 0 Å². The number of carbonyl (C=O) groups excluding carboxylic acids is 1. The molecule has 5 rings (SSSR count). The van der Waals surface area contributed by atoms with Crippen LogP contribution in [0.4, 0.5) is 0 Å². The van der Waals surface area contributed by atoms with Crippen LogP contribution >= 0.6 is 0 Å². The van der Waals surface area contributed by atoms with Crippen molar-refractivity contribution in [1.82, 2.24) is 25.5 Å². The van der Waals surface area contributed by atoms with Crippen LogP contribution in [0.25, 0.3) is 6.08 Å². The molecule has 3 aliphatic rings. The molecular weight excluding hydrogens is 368 g/mol. The van der Waals surface area contributed by atoms with Gasteiger partial charge < -0.3 is 9.72 Å². The Morgan fingerprint density at radius 3 is 2.86 bits per heavy atom. The molecule has 4 heterocycles. The van der Waals surface area contributed by atoms with Gasteiger partial charge in [-0.3, -0.25) is 9.69 Å². The number of fused-ring (bicyclic) bond motifs is 1. The molecule has 0 aromatic carbocycles. The van der Waals surface area contributed by atoms with Crippen molar-refractivity contribution in [2.24, 2.45) is 5.10 Å². The number of nitrogens with one attached hydrogen (secondary N) is 2. The van der Waals surface area contributed by atoms with Crippen LogP contribution in [0, 0.1) is 0 Å². The molecule has 1 amide bonds. The number of aryl methyl sites for hydroxylation is 1. The molecule has 29 heavy (non-hydrogen) atoms. The van der Waals surface area contributed by atoms with Gasteiger partial charge in [0.15, 0.2) is 0 Å². The maximum absolute atomic E-state index is 12.5. The summed E-state index contributed by atoms with van der Waals surface area (Å²) in [7, 11) is 0. The number of aromatic nitrogens is 3. The van der Waals surface area contributed by atoms with Gasteiger partial charge in [0, 0.05) is 36.6 Å². The van der Waals surface area contributed by atoms with Gasteiger partial charge in [-0.25, -0.2) is 5.43 Å². The van der Waals surface area contributed by atoms with Gasteiger partial charge in [0.1, 0.15) is 5.71 Å². The molecule has 0 atom stereocenters. The van der Waals surface area contributed by atoms with Gasteiger partial charge in [0.25, 0.3) is 5.91 Å². The van der Waals surface area contributed by atoms with Gasteiger partial charge in [-0.15, -0.1) is 0 Å². The predicted molar refractivity (Wildman–Crippen MR) is 108 cm³/mol. The van der Waals surface area contributed by atoms with Gasteiger partial charge in [-0.1, -0.05) is 0 Å². The quantitative estimate of drug-likeness (QED) is 0.768. The largest absolute Gasteiger partial charge is 0.379 e.